The van der Waals surface area contributed by atoms with Gasteiger partial charge in [0.2, 0.25) is 5.91 Å². The molecule has 8 nitrogen and oxygen atoms in total. The highest BCUT2D eigenvalue weighted by molar-refractivity contribution is 7.12. The summed E-state index contributed by atoms with van der Waals surface area (Å²) in [4.78, 5) is 53.5. The Labute approximate surface area is 266 Å². The molecule has 0 aliphatic carbocycles. The fourth-order valence-electron chi connectivity index (χ4n) is 5.03. The molecule has 2 atom stereocenters. The Hall–Kier alpha value is -3.96. The lowest BCUT2D eigenvalue weighted by atomic mass is 9.97. The third-order valence-corrected chi connectivity index (χ3v) is 8.07. The second-order valence-corrected chi connectivity index (χ2v) is 12.0. The van der Waals surface area contributed by atoms with Gasteiger partial charge in [-0.3, -0.25) is 19.2 Å². The fourth-order valence-corrected chi connectivity index (χ4v) is 5.72. The van der Waals surface area contributed by atoms with Crippen LogP contribution >= 0.6 is 11.3 Å². The number of nitrogens with one attached hydrogen (secondary N) is 2. The molecular weight excluding hydrogens is 600 g/mol. The zero-order chi connectivity index (χ0) is 32.9. The number of benzene rings is 2. The van der Waals surface area contributed by atoms with E-state index in [1.54, 1.807) is 41.5 Å². The minimum atomic E-state index is -1.20. The van der Waals surface area contributed by atoms with Crippen molar-refractivity contribution in [1.82, 2.24) is 15.5 Å². The van der Waals surface area contributed by atoms with Crippen LogP contribution in [-0.2, 0) is 11.2 Å². The zero-order valence-electron chi connectivity index (χ0n) is 25.9. The summed E-state index contributed by atoms with van der Waals surface area (Å²) in [5, 5.41) is 18.3. The summed E-state index contributed by atoms with van der Waals surface area (Å²) < 4.78 is 27.9. The van der Waals surface area contributed by atoms with Crippen molar-refractivity contribution in [3.05, 3.63) is 92.7 Å². The number of nitrogens with zero attached hydrogens (tertiary/aromatic N) is 1. The Balaban J connectivity index is 1.71. The molecule has 3 amide bonds. The van der Waals surface area contributed by atoms with E-state index in [2.05, 4.69) is 10.6 Å². The minimum absolute atomic E-state index is 0.0160. The normalized spacial score (nSPS) is 12.3. The standard InChI is InChI=1S/C34H41F2N3O5S/c1-4-12-39(13-5-2)34(44)25-16-22(3)15-24(20-25)33(43)38-28(19-23-17-26(35)21-27(36)18-23)29(40)10-11-37-32(42)9-8-30(41)31-7-6-14-45-31/h6-7,14-18,20-21,28-29,40H,4-5,8-13,19H2,1-3H3,(H,37,42)(H,38,43)/t28-,29+/m1/s1. The van der Waals surface area contributed by atoms with Crippen LogP contribution in [0.15, 0.2) is 53.9 Å². The topological polar surface area (TPSA) is 116 Å². The number of carbonyl (C=O) groups is 4. The van der Waals surface area contributed by atoms with Crippen molar-refractivity contribution in [3.8, 4) is 0 Å². The van der Waals surface area contributed by atoms with Gasteiger partial charge in [-0.25, -0.2) is 8.78 Å². The summed E-state index contributed by atoms with van der Waals surface area (Å²) in [6, 6.07) is 10.3. The largest absolute Gasteiger partial charge is 0.391 e. The van der Waals surface area contributed by atoms with Gasteiger partial charge < -0.3 is 20.6 Å². The van der Waals surface area contributed by atoms with Crippen molar-refractivity contribution in [1.29, 1.82) is 0 Å². The number of Topliss-reactive ketones (excluding diaryl/α,β-unsaturated/α-hetero) is 1. The van der Waals surface area contributed by atoms with E-state index in [9.17, 15) is 33.1 Å². The second-order valence-electron chi connectivity index (χ2n) is 11.0. The molecule has 242 valence electrons. The van der Waals surface area contributed by atoms with Gasteiger partial charge in [0.05, 0.1) is 17.0 Å². The smallest absolute Gasteiger partial charge is 0.253 e. The average Bonchev–Trinajstić information content (AvgIpc) is 3.53. The Morgan fingerprint density at radius 1 is 0.933 bits per heavy atom. The molecule has 3 N–H and O–H groups in total. The van der Waals surface area contributed by atoms with E-state index in [4.69, 9.17) is 0 Å². The van der Waals surface area contributed by atoms with Gasteiger partial charge in [-0.05, 0) is 85.5 Å². The van der Waals surface area contributed by atoms with Crippen LogP contribution in [0.4, 0.5) is 8.78 Å². The molecule has 0 fully saturated rings. The van der Waals surface area contributed by atoms with Crippen molar-refractivity contribution in [3.63, 3.8) is 0 Å². The molecule has 0 saturated carbocycles. The third-order valence-electron chi connectivity index (χ3n) is 7.16. The number of thiophene rings is 1. The number of aliphatic hydroxyl groups is 1. The van der Waals surface area contributed by atoms with Crippen molar-refractivity contribution >= 4 is 34.8 Å². The summed E-state index contributed by atoms with van der Waals surface area (Å²) in [5.74, 6) is -2.83. The highest BCUT2D eigenvalue weighted by Gasteiger charge is 2.25. The Kier molecular flexibility index (Phi) is 13.8. The van der Waals surface area contributed by atoms with Gasteiger partial charge in [0, 0.05) is 49.7 Å². The molecule has 0 radical (unpaired) electrons. The first-order valence-corrected chi connectivity index (χ1v) is 16.1. The number of hydrogen-bond acceptors (Lipinski definition) is 6. The number of hydrogen-bond donors (Lipinski definition) is 3. The van der Waals surface area contributed by atoms with Crippen molar-refractivity contribution in [2.45, 2.75) is 71.4 Å². The van der Waals surface area contributed by atoms with Crippen molar-refractivity contribution < 1.29 is 33.1 Å². The van der Waals surface area contributed by atoms with Crippen LogP contribution in [-0.4, -0.2) is 65.3 Å². The van der Waals surface area contributed by atoms with Gasteiger partial charge in [0.1, 0.15) is 11.6 Å². The maximum absolute atomic E-state index is 14.0. The lowest BCUT2D eigenvalue weighted by molar-refractivity contribution is -0.121. The predicted molar refractivity (Wildman–Crippen MR) is 170 cm³/mol. The molecule has 0 saturated heterocycles. The molecule has 0 bridgehead atoms. The lowest BCUT2D eigenvalue weighted by Gasteiger charge is -2.25. The van der Waals surface area contributed by atoms with E-state index in [1.807, 2.05) is 13.8 Å². The fraction of sp³-hybridized carbons (Fsp3) is 0.412. The predicted octanol–water partition coefficient (Wildman–Crippen LogP) is 5.47. The van der Waals surface area contributed by atoms with Crippen LogP contribution in [0.5, 0.6) is 0 Å². The molecule has 45 heavy (non-hydrogen) atoms. The summed E-state index contributed by atoms with van der Waals surface area (Å²) in [5.41, 5.74) is 1.50. The van der Waals surface area contributed by atoms with E-state index in [1.165, 1.54) is 17.4 Å². The quantitative estimate of drug-likeness (QED) is 0.169. The van der Waals surface area contributed by atoms with Gasteiger partial charge in [-0.2, -0.15) is 0 Å². The van der Waals surface area contributed by atoms with E-state index in [-0.39, 0.29) is 61.0 Å². The van der Waals surface area contributed by atoms with Crippen molar-refractivity contribution in [2.24, 2.45) is 0 Å². The highest BCUT2D eigenvalue weighted by Crippen LogP contribution is 2.17. The minimum Gasteiger partial charge on any atom is -0.391 e. The molecule has 0 aliphatic rings. The Morgan fingerprint density at radius 2 is 1.60 bits per heavy atom. The number of aryl methyl sites for hydroxylation is 1. The summed E-state index contributed by atoms with van der Waals surface area (Å²) in [6.45, 7) is 6.96. The SMILES string of the molecule is CCCN(CCC)C(=O)c1cc(C)cc(C(=O)N[C@H](Cc2cc(F)cc(F)c2)[C@@H](O)CCNC(=O)CCC(=O)c2cccs2)c1. The molecule has 2 aromatic carbocycles. The second kappa shape index (κ2) is 17.5. The summed E-state index contributed by atoms with van der Waals surface area (Å²) in [7, 11) is 0. The molecule has 0 spiro atoms. The number of halogens is 2. The molecule has 1 heterocycles. The number of aliphatic hydroxyl groups excluding tert-OH is 1. The first-order chi connectivity index (χ1) is 21.5. The average molecular weight is 642 g/mol. The van der Waals surface area contributed by atoms with Gasteiger partial charge in [-0.15, -0.1) is 11.3 Å². The van der Waals surface area contributed by atoms with E-state index in [0.29, 0.717) is 29.1 Å². The Bertz CT molecular complexity index is 1440. The lowest BCUT2D eigenvalue weighted by Crippen LogP contribution is -2.46. The number of rotatable bonds is 17. The van der Waals surface area contributed by atoms with Crippen LogP contribution < -0.4 is 10.6 Å². The molecule has 0 unspecified atom stereocenters. The van der Waals surface area contributed by atoms with Crippen LogP contribution in [0.3, 0.4) is 0 Å². The summed E-state index contributed by atoms with van der Waals surface area (Å²) in [6.07, 6.45) is 0.338. The highest BCUT2D eigenvalue weighted by atomic mass is 32.1. The first-order valence-electron chi connectivity index (χ1n) is 15.2. The van der Waals surface area contributed by atoms with E-state index in [0.717, 1.165) is 31.0 Å². The first kappa shape index (κ1) is 35.5. The van der Waals surface area contributed by atoms with Crippen LogP contribution in [0.1, 0.15) is 87.5 Å². The molecule has 0 aliphatic heterocycles. The maximum Gasteiger partial charge on any atom is 0.253 e. The number of carbonyl (C=O) groups excluding carboxylic acids is 4. The monoisotopic (exact) mass is 641 g/mol. The van der Waals surface area contributed by atoms with Gasteiger partial charge in [0.15, 0.2) is 5.78 Å². The van der Waals surface area contributed by atoms with Gasteiger partial charge >= 0.3 is 0 Å². The number of ketones is 1. The molecule has 1 aromatic heterocycles. The van der Waals surface area contributed by atoms with Gasteiger partial charge in [0.25, 0.3) is 11.8 Å². The molecule has 11 heteroatoms. The van der Waals surface area contributed by atoms with E-state index < -0.39 is 29.7 Å². The Morgan fingerprint density at radius 3 is 2.22 bits per heavy atom. The van der Waals surface area contributed by atoms with Gasteiger partial charge in [-0.1, -0.05) is 19.9 Å². The van der Waals surface area contributed by atoms with Crippen LogP contribution in [0.2, 0.25) is 0 Å². The van der Waals surface area contributed by atoms with Crippen molar-refractivity contribution in [2.75, 3.05) is 19.6 Å². The molecular formula is C34H41F2N3O5S. The van der Waals surface area contributed by atoms with Crippen LogP contribution in [0, 0.1) is 18.6 Å². The maximum atomic E-state index is 14.0. The summed E-state index contributed by atoms with van der Waals surface area (Å²) >= 11 is 1.31. The van der Waals surface area contributed by atoms with E-state index >= 15 is 0 Å². The third kappa shape index (κ3) is 11.2. The zero-order valence-corrected chi connectivity index (χ0v) is 26.7. The molecule has 3 rings (SSSR count). The number of amides is 3. The molecule has 3 aromatic rings. The van der Waals surface area contributed by atoms with Crippen LogP contribution in [0.25, 0.3) is 0 Å².